The molecule has 6 nitrogen and oxygen atoms in total. The predicted octanol–water partition coefficient (Wildman–Crippen LogP) is 2.36. The fourth-order valence-corrected chi connectivity index (χ4v) is 2.57. The third-order valence-corrected chi connectivity index (χ3v) is 3.85. The van der Waals surface area contributed by atoms with Gasteiger partial charge in [-0.2, -0.15) is 0 Å². The van der Waals surface area contributed by atoms with Crippen molar-refractivity contribution >= 4 is 17.3 Å². The first-order valence-electron chi connectivity index (χ1n) is 6.80. The number of anilines is 1. The lowest BCUT2D eigenvalue weighted by Crippen LogP contribution is -2.40. The van der Waals surface area contributed by atoms with Crippen molar-refractivity contribution < 1.29 is 9.72 Å². The van der Waals surface area contributed by atoms with Gasteiger partial charge in [0.25, 0.3) is 5.69 Å². The molecule has 0 spiro atoms. The van der Waals surface area contributed by atoms with Crippen LogP contribution in [0.3, 0.4) is 0 Å². The lowest BCUT2D eigenvalue weighted by Gasteiger charge is -2.27. The minimum atomic E-state index is -0.471. The predicted molar refractivity (Wildman–Crippen MR) is 76.4 cm³/mol. The van der Waals surface area contributed by atoms with Crippen LogP contribution in [0, 0.1) is 23.0 Å². The maximum atomic E-state index is 12.3. The van der Waals surface area contributed by atoms with Gasteiger partial charge in [-0.25, -0.2) is 0 Å². The number of nitro groups is 1. The third-order valence-electron chi connectivity index (χ3n) is 3.85. The smallest absolute Gasteiger partial charge is 0.271 e. The second-order valence-electron chi connectivity index (χ2n) is 5.30. The van der Waals surface area contributed by atoms with E-state index in [4.69, 9.17) is 5.73 Å². The molecule has 1 amide bonds. The van der Waals surface area contributed by atoms with Gasteiger partial charge >= 0.3 is 0 Å². The Morgan fingerprint density at radius 2 is 2.10 bits per heavy atom. The second kappa shape index (κ2) is 6.00. The van der Waals surface area contributed by atoms with Crippen molar-refractivity contribution in [3.05, 3.63) is 33.9 Å². The fraction of sp³-hybridized carbons (Fsp3) is 0.500. The Kier molecular flexibility index (Phi) is 4.34. The average Bonchev–Trinajstić information content (AvgIpc) is 2.41. The number of rotatable bonds is 3. The van der Waals surface area contributed by atoms with Crippen LogP contribution in [0.1, 0.15) is 31.2 Å². The number of carbonyl (C=O) groups is 1. The van der Waals surface area contributed by atoms with Crippen LogP contribution in [0.25, 0.3) is 0 Å². The quantitative estimate of drug-likeness (QED) is 0.654. The van der Waals surface area contributed by atoms with E-state index in [2.05, 4.69) is 5.32 Å². The van der Waals surface area contributed by atoms with Crippen molar-refractivity contribution in [3.8, 4) is 0 Å². The minimum Gasteiger partial charge on any atom is -0.327 e. The molecule has 0 bridgehead atoms. The number of aryl methyl sites for hydroxylation is 1. The molecule has 1 aliphatic carbocycles. The highest BCUT2D eigenvalue weighted by atomic mass is 16.6. The Bertz CT molecular complexity index is 530. The number of nitrogens with zero attached hydrogens (tertiary/aromatic N) is 1. The van der Waals surface area contributed by atoms with Crippen LogP contribution in [0.15, 0.2) is 18.2 Å². The minimum absolute atomic E-state index is 0.0288. The molecule has 0 radical (unpaired) electrons. The maximum Gasteiger partial charge on any atom is 0.271 e. The highest BCUT2D eigenvalue weighted by Crippen LogP contribution is 2.26. The van der Waals surface area contributed by atoms with E-state index in [1.807, 2.05) is 0 Å². The monoisotopic (exact) mass is 277 g/mol. The lowest BCUT2D eigenvalue weighted by molar-refractivity contribution is -0.384. The van der Waals surface area contributed by atoms with Crippen molar-refractivity contribution in [1.29, 1.82) is 0 Å². The number of amides is 1. The van der Waals surface area contributed by atoms with Crippen molar-refractivity contribution in [3.63, 3.8) is 0 Å². The van der Waals surface area contributed by atoms with E-state index in [1.54, 1.807) is 13.0 Å². The van der Waals surface area contributed by atoms with Gasteiger partial charge in [-0.15, -0.1) is 0 Å². The van der Waals surface area contributed by atoms with Gasteiger partial charge < -0.3 is 11.1 Å². The Hall–Kier alpha value is -1.95. The summed E-state index contributed by atoms with van der Waals surface area (Å²) in [7, 11) is 0. The summed E-state index contributed by atoms with van der Waals surface area (Å²) in [5.74, 6) is -0.344. The number of hydrogen-bond acceptors (Lipinski definition) is 4. The molecule has 6 heteroatoms. The van der Waals surface area contributed by atoms with E-state index >= 15 is 0 Å². The van der Waals surface area contributed by atoms with Gasteiger partial charge in [0.2, 0.25) is 5.91 Å². The van der Waals surface area contributed by atoms with Crippen molar-refractivity contribution in [2.24, 2.45) is 11.7 Å². The average molecular weight is 277 g/mol. The molecule has 108 valence electrons. The van der Waals surface area contributed by atoms with E-state index in [0.29, 0.717) is 5.69 Å². The zero-order valence-corrected chi connectivity index (χ0v) is 11.5. The molecule has 0 heterocycles. The van der Waals surface area contributed by atoms with E-state index < -0.39 is 4.92 Å². The molecular weight excluding hydrogens is 258 g/mol. The number of nitrogens with one attached hydrogen (secondary N) is 1. The molecule has 1 saturated carbocycles. The van der Waals surface area contributed by atoms with Gasteiger partial charge in [0.1, 0.15) is 0 Å². The maximum absolute atomic E-state index is 12.3. The lowest BCUT2D eigenvalue weighted by atomic mass is 9.84. The third kappa shape index (κ3) is 3.14. The van der Waals surface area contributed by atoms with Crippen molar-refractivity contribution in [2.75, 3.05) is 5.32 Å². The van der Waals surface area contributed by atoms with E-state index in [-0.39, 0.29) is 23.6 Å². The zero-order chi connectivity index (χ0) is 14.7. The zero-order valence-electron chi connectivity index (χ0n) is 11.5. The molecule has 2 rings (SSSR count). The molecule has 2 atom stereocenters. The van der Waals surface area contributed by atoms with Crippen molar-refractivity contribution in [2.45, 2.75) is 38.6 Å². The van der Waals surface area contributed by atoms with Crippen molar-refractivity contribution in [1.82, 2.24) is 0 Å². The highest BCUT2D eigenvalue weighted by molar-refractivity contribution is 5.94. The molecule has 0 aliphatic heterocycles. The van der Waals surface area contributed by atoms with E-state index in [1.165, 1.54) is 12.1 Å². The van der Waals surface area contributed by atoms with Crippen LogP contribution in [0.2, 0.25) is 0 Å². The summed E-state index contributed by atoms with van der Waals surface area (Å²) in [4.78, 5) is 22.6. The van der Waals surface area contributed by atoms with E-state index in [0.717, 1.165) is 31.2 Å². The number of non-ortho nitro benzene ring substituents is 1. The number of hydrogen-bond donors (Lipinski definition) is 2. The summed E-state index contributed by atoms with van der Waals surface area (Å²) >= 11 is 0. The van der Waals surface area contributed by atoms with Crippen LogP contribution >= 0.6 is 0 Å². The summed E-state index contributed by atoms with van der Waals surface area (Å²) < 4.78 is 0. The first-order valence-corrected chi connectivity index (χ1v) is 6.80. The molecule has 0 aromatic heterocycles. The van der Waals surface area contributed by atoms with Gasteiger partial charge in [-0.05, 0) is 25.3 Å². The Morgan fingerprint density at radius 1 is 1.40 bits per heavy atom. The van der Waals surface area contributed by atoms with Crippen LogP contribution < -0.4 is 11.1 Å². The molecular formula is C14H19N3O3. The van der Waals surface area contributed by atoms with Gasteiger partial charge in [0.05, 0.1) is 16.5 Å². The highest BCUT2D eigenvalue weighted by Gasteiger charge is 2.28. The summed E-state index contributed by atoms with van der Waals surface area (Å²) in [5, 5.41) is 13.6. The SMILES string of the molecule is Cc1ccc([N+](=O)[O-])cc1NC(=O)C1CCCCC1N. The molecule has 1 aromatic rings. The Balaban J connectivity index is 2.14. The normalized spacial score (nSPS) is 22.3. The van der Waals surface area contributed by atoms with Gasteiger partial charge in [-0.3, -0.25) is 14.9 Å². The number of carbonyl (C=O) groups excluding carboxylic acids is 1. The number of nitro benzene ring substituents is 1. The molecule has 2 unspecified atom stereocenters. The van der Waals surface area contributed by atoms with Gasteiger partial charge in [0.15, 0.2) is 0 Å². The molecule has 20 heavy (non-hydrogen) atoms. The fourth-order valence-electron chi connectivity index (χ4n) is 2.57. The Labute approximate surface area is 117 Å². The first kappa shape index (κ1) is 14.5. The standard InChI is InChI=1S/C14H19N3O3/c1-9-6-7-10(17(19)20)8-13(9)16-14(18)11-4-2-3-5-12(11)15/h6-8,11-12H,2-5,15H2,1H3,(H,16,18). The van der Waals surface area contributed by atoms with Crippen LogP contribution in [0.4, 0.5) is 11.4 Å². The largest absolute Gasteiger partial charge is 0.327 e. The summed E-state index contributed by atoms with van der Waals surface area (Å²) in [6.45, 7) is 1.81. The molecule has 1 fully saturated rings. The van der Waals surface area contributed by atoms with Crippen LogP contribution in [0.5, 0.6) is 0 Å². The van der Waals surface area contributed by atoms with Gasteiger partial charge in [0, 0.05) is 18.2 Å². The topological polar surface area (TPSA) is 98.3 Å². The van der Waals surface area contributed by atoms with Crippen LogP contribution in [-0.2, 0) is 4.79 Å². The summed E-state index contributed by atoms with van der Waals surface area (Å²) in [6, 6.07) is 4.33. The summed E-state index contributed by atoms with van der Waals surface area (Å²) in [5.41, 5.74) is 7.24. The number of benzene rings is 1. The molecule has 3 N–H and O–H groups in total. The first-order chi connectivity index (χ1) is 9.49. The molecule has 1 aromatic carbocycles. The second-order valence-corrected chi connectivity index (χ2v) is 5.30. The van der Waals surface area contributed by atoms with E-state index in [9.17, 15) is 14.9 Å². The molecule has 1 aliphatic rings. The number of nitrogens with two attached hydrogens (primary N) is 1. The summed E-state index contributed by atoms with van der Waals surface area (Å²) in [6.07, 6.45) is 3.69. The van der Waals surface area contributed by atoms with Crippen LogP contribution in [-0.4, -0.2) is 16.9 Å². The Morgan fingerprint density at radius 3 is 2.75 bits per heavy atom. The van der Waals surface area contributed by atoms with Gasteiger partial charge in [-0.1, -0.05) is 18.9 Å². The molecule has 0 saturated heterocycles.